The lowest BCUT2D eigenvalue weighted by Crippen LogP contribution is -2.12. The van der Waals surface area contributed by atoms with Crippen LogP contribution in [0.2, 0.25) is 0 Å². The molecule has 1 N–H and O–H groups in total. The molecule has 82 valence electrons. The smallest absolute Gasteiger partial charge is 0.148 e. The van der Waals surface area contributed by atoms with Crippen LogP contribution >= 0.6 is 0 Å². The van der Waals surface area contributed by atoms with Gasteiger partial charge in [0.2, 0.25) is 0 Å². The Labute approximate surface area is 89.1 Å². The molecule has 0 bridgehead atoms. The average Bonchev–Trinajstić information content (AvgIpc) is 2.26. The molecule has 0 aromatic heterocycles. The van der Waals surface area contributed by atoms with Crippen LogP contribution in [0.4, 0.5) is 0 Å². The number of oxime groups is 1. The van der Waals surface area contributed by atoms with Gasteiger partial charge < -0.3 is 14.7 Å². The lowest BCUT2D eigenvalue weighted by molar-refractivity contribution is -0.0717. The van der Waals surface area contributed by atoms with E-state index in [0.717, 1.165) is 5.56 Å². The zero-order chi connectivity index (χ0) is 10.9. The van der Waals surface area contributed by atoms with Crippen molar-refractivity contribution in [2.24, 2.45) is 5.16 Å². The quantitative estimate of drug-likeness (QED) is 0.256. The first kappa shape index (κ1) is 11.7. The van der Waals surface area contributed by atoms with Gasteiger partial charge in [-0.25, -0.2) is 0 Å². The molecule has 0 saturated heterocycles. The maximum absolute atomic E-state index is 8.22. The molecular formula is C11H15NO3. The van der Waals surface area contributed by atoms with E-state index in [1.807, 2.05) is 30.3 Å². The van der Waals surface area contributed by atoms with E-state index in [2.05, 4.69) is 5.16 Å². The summed E-state index contributed by atoms with van der Waals surface area (Å²) in [5.41, 5.74) is 1.10. The van der Waals surface area contributed by atoms with E-state index >= 15 is 0 Å². The predicted octanol–water partition coefficient (Wildman–Crippen LogP) is 2.03. The molecule has 0 fully saturated rings. The highest BCUT2D eigenvalue weighted by molar-refractivity contribution is 5.61. The Kier molecular flexibility index (Phi) is 5.43. The summed E-state index contributed by atoms with van der Waals surface area (Å²) in [7, 11) is 0. The van der Waals surface area contributed by atoms with Crippen molar-refractivity contribution in [2.45, 2.75) is 19.6 Å². The second kappa shape index (κ2) is 6.98. The summed E-state index contributed by atoms with van der Waals surface area (Å²) >= 11 is 0. The molecule has 1 rings (SSSR count). The van der Waals surface area contributed by atoms with Gasteiger partial charge in [-0.05, 0) is 12.5 Å². The van der Waals surface area contributed by atoms with E-state index < -0.39 is 0 Å². The molecular weight excluding hydrogens is 194 g/mol. The average molecular weight is 209 g/mol. The number of hydrogen-bond donors (Lipinski definition) is 1. The van der Waals surface area contributed by atoms with E-state index in [4.69, 9.17) is 14.7 Å². The van der Waals surface area contributed by atoms with Crippen molar-refractivity contribution in [3.8, 4) is 0 Å². The number of benzene rings is 1. The molecule has 0 amide bonds. The molecule has 0 heterocycles. The van der Waals surface area contributed by atoms with Crippen molar-refractivity contribution < 1.29 is 14.7 Å². The van der Waals surface area contributed by atoms with Crippen LogP contribution in [0.5, 0.6) is 0 Å². The van der Waals surface area contributed by atoms with Crippen LogP contribution in [0, 0.1) is 0 Å². The molecule has 1 aromatic carbocycles. The van der Waals surface area contributed by atoms with Crippen LogP contribution in [0.3, 0.4) is 0 Å². The third kappa shape index (κ3) is 5.15. The summed E-state index contributed by atoms with van der Waals surface area (Å²) in [6.45, 7) is 2.47. The van der Waals surface area contributed by atoms with Gasteiger partial charge in [-0.3, -0.25) is 0 Å². The Morgan fingerprint density at radius 1 is 1.40 bits per heavy atom. The number of ether oxygens (including phenoxy) is 2. The van der Waals surface area contributed by atoms with Crippen LogP contribution in [-0.4, -0.2) is 24.3 Å². The molecule has 0 spiro atoms. The van der Waals surface area contributed by atoms with Gasteiger partial charge in [0.15, 0.2) is 0 Å². The van der Waals surface area contributed by atoms with Crippen molar-refractivity contribution in [2.75, 3.05) is 6.79 Å². The van der Waals surface area contributed by atoms with Gasteiger partial charge in [0.05, 0.1) is 18.9 Å². The van der Waals surface area contributed by atoms with Gasteiger partial charge in [0.25, 0.3) is 0 Å². The lowest BCUT2D eigenvalue weighted by atomic mass is 10.2. The summed E-state index contributed by atoms with van der Waals surface area (Å²) in [5, 5.41) is 11.1. The lowest BCUT2D eigenvalue weighted by Gasteiger charge is -2.08. The summed E-state index contributed by atoms with van der Waals surface area (Å²) in [4.78, 5) is 0. The molecule has 0 radical (unpaired) electrons. The highest BCUT2D eigenvalue weighted by Gasteiger charge is 1.97. The van der Waals surface area contributed by atoms with Crippen molar-refractivity contribution in [3.63, 3.8) is 0 Å². The van der Waals surface area contributed by atoms with Crippen molar-refractivity contribution in [3.05, 3.63) is 35.9 Å². The van der Waals surface area contributed by atoms with E-state index in [1.165, 1.54) is 6.21 Å². The van der Waals surface area contributed by atoms with E-state index in [0.29, 0.717) is 6.61 Å². The standard InChI is InChI=1S/C11H15NO3/c1-10(7-12-13)15-9-14-8-11-5-3-2-4-6-11/h2-7,10,13H,8-9H2,1H3/b12-7+. The first-order valence-corrected chi connectivity index (χ1v) is 4.73. The fourth-order valence-electron chi connectivity index (χ4n) is 1.03. The molecule has 0 aliphatic heterocycles. The third-order valence-corrected chi connectivity index (χ3v) is 1.80. The SMILES string of the molecule is CC(/C=N/O)OCOCc1ccccc1. The van der Waals surface area contributed by atoms with Gasteiger partial charge in [0.1, 0.15) is 6.79 Å². The third-order valence-electron chi connectivity index (χ3n) is 1.80. The molecule has 1 unspecified atom stereocenters. The topological polar surface area (TPSA) is 51.1 Å². The normalized spacial score (nSPS) is 13.1. The fraction of sp³-hybridized carbons (Fsp3) is 0.364. The minimum absolute atomic E-state index is 0.183. The minimum Gasteiger partial charge on any atom is -0.411 e. The van der Waals surface area contributed by atoms with Crippen LogP contribution < -0.4 is 0 Å². The molecule has 4 nitrogen and oxygen atoms in total. The molecule has 1 aromatic rings. The van der Waals surface area contributed by atoms with Crippen LogP contribution in [0.15, 0.2) is 35.5 Å². The van der Waals surface area contributed by atoms with Crippen molar-refractivity contribution >= 4 is 6.21 Å². The van der Waals surface area contributed by atoms with Crippen LogP contribution in [-0.2, 0) is 16.1 Å². The highest BCUT2D eigenvalue weighted by atomic mass is 16.7. The summed E-state index contributed by atoms with van der Waals surface area (Å²) in [5.74, 6) is 0. The van der Waals surface area contributed by atoms with Gasteiger partial charge in [-0.15, -0.1) is 0 Å². The highest BCUT2D eigenvalue weighted by Crippen LogP contribution is 2.00. The largest absolute Gasteiger partial charge is 0.411 e. The Morgan fingerprint density at radius 3 is 2.80 bits per heavy atom. The fourth-order valence-corrected chi connectivity index (χ4v) is 1.03. The maximum atomic E-state index is 8.22. The molecule has 4 heteroatoms. The zero-order valence-corrected chi connectivity index (χ0v) is 8.67. The van der Waals surface area contributed by atoms with Gasteiger partial charge >= 0.3 is 0 Å². The Morgan fingerprint density at radius 2 is 2.13 bits per heavy atom. The van der Waals surface area contributed by atoms with Crippen LogP contribution in [0.1, 0.15) is 12.5 Å². The Hall–Kier alpha value is -1.39. The van der Waals surface area contributed by atoms with E-state index in [-0.39, 0.29) is 12.9 Å². The molecule has 0 aliphatic rings. The summed E-state index contributed by atoms with van der Waals surface area (Å²) < 4.78 is 10.4. The summed E-state index contributed by atoms with van der Waals surface area (Å²) in [6, 6.07) is 9.85. The number of nitrogens with zero attached hydrogens (tertiary/aromatic N) is 1. The van der Waals surface area contributed by atoms with Gasteiger partial charge in [-0.1, -0.05) is 35.5 Å². The number of rotatable bonds is 6. The van der Waals surface area contributed by atoms with Gasteiger partial charge in [0, 0.05) is 0 Å². The zero-order valence-electron chi connectivity index (χ0n) is 8.67. The van der Waals surface area contributed by atoms with Crippen LogP contribution in [0.25, 0.3) is 0 Å². The first-order chi connectivity index (χ1) is 7.33. The van der Waals surface area contributed by atoms with E-state index in [9.17, 15) is 0 Å². The predicted molar refractivity (Wildman–Crippen MR) is 56.9 cm³/mol. The number of hydrogen-bond acceptors (Lipinski definition) is 4. The van der Waals surface area contributed by atoms with E-state index in [1.54, 1.807) is 6.92 Å². The molecule has 1 atom stereocenters. The Bertz CT molecular complexity index is 287. The summed E-state index contributed by atoms with van der Waals surface area (Å²) in [6.07, 6.45) is 1.05. The maximum Gasteiger partial charge on any atom is 0.148 e. The first-order valence-electron chi connectivity index (χ1n) is 4.73. The molecule has 0 saturated carbocycles. The second-order valence-corrected chi connectivity index (χ2v) is 3.09. The Balaban J connectivity index is 2.12. The minimum atomic E-state index is -0.245. The second-order valence-electron chi connectivity index (χ2n) is 3.09. The van der Waals surface area contributed by atoms with Gasteiger partial charge in [-0.2, -0.15) is 0 Å². The van der Waals surface area contributed by atoms with Crippen molar-refractivity contribution in [1.82, 2.24) is 0 Å². The molecule has 0 aliphatic carbocycles. The monoisotopic (exact) mass is 209 g/mol. The van der Waals surface area contributed by atoms with Crippen molar-refractivity contribution in [1.29, 1.82) is 0 Å². The molecule has 15 heavy (non-hydrogen) atoms.